The number of sulfonamides is 1. The second kappa shape index (κ2) is 7.85. The van der Waals surface area contributed by atoms with E-state index in [4.69, 9.17) is 28.5 Å². The summed E-state index contributed by atoms with van der Waals surface area (Å²) in [5.74, 6) is 0. The van der Waals surface area contributed by atoms with Gasteiger partial charge in [0.2, 0.25) is 10.0 Å². The van der Waals surface area contributed by atoms with Gasteiger partial charge < -0.3 is 4.90 Å². The van der Waals surface area contributed by atoms with E-state index in [1.165, 1.54) is 16.4 Å². The molecule has 0 amide bonds. The van der Waals surface area contributed by atoms with Gasteiger partial charge in [0.1, 0.15) is 4.90 Å². The van der Waals surface area contributed by atoms with Gasteiger partial charge in [-0.15, -0.1) is 0 Å². The van der Waals surface area contributed by atoms with Crippen LogP contribution in [0.4, 0.5) is 5.69 Å². The van der Waals surface area contributed by atoms with Crippen LogP contribution >= 0.6 is 23.2 Å². The van der Waals surface area contributed by atoms with Crippen molar-refractivity contribution in [3.05, 3.63) is 58.1 Å². The molecule has 26 heavy (non-hydrogen) atoms. The van der Waals surface area contributed by atoms with E-state index in [1.54, 1.807) is 18.2 Å². The zero-order valence-corrected chi connectivity index (χ0v) is 16.2. The third-order valence-corrected chi connectivity index (χ3v) is 6.94. The quantitative estimate of drug-likeness (QED) is 0.773. The first kappa shape index (κ1) is 19.0. The first-order valence-electron chi connectivity index (χ1n) is 8.12. The zero-order chi connectivity index (χ0) is 18.7. The smallest absolute Gasteiger partial charge is 0.244 e. The molecule has 0 saturated carbocycles. The molecule has 1 heterocycles. The molecular formula is C18H17Cl2N3O2S. The van der Waals surface area contributed by atoms with Gasteiger partial charge in [-0.2, -0.15) is 9.57 Å². The third-order valence-electron chi connectivity index (χ3n) is 4.33. The molecule has 1 fully saturated rings. The van der Waals surface area contributed by atoms with Crippen LogP contribution in [-0.4, -0.2) is 38.9 Å². The number of benzene rings is 2. The van der Waals surface area contributed by atoms with Crippen LogP contribution in [0.2, 0.25) is 10.0 Å². The van der Waals surface area contributed by atoms with Gasteiger partial charge >= 0.3 is 0 Å². The van der Waals surface area contributed by atoms with Crippen molar-refractivity contribution in [3.8, 4) is 6.07 Å². The number of nitriles is 1. The summed E-state index contributed by atoms with van der Waals surface area (Å²) in [5.41, 5.74) is 1.58. The van der Waals surface area contributed by atoms with E-state index in [-0.39, 0.29) is 9.92 Å². The number of hydrogen-bond donors (Lipinski definition) is 0. The molecule has 0 radical (unpaired) electrons. The summed E-state index contributed by atoms with van der Waals surface area (Å²) in [6, 6.07) is 13.9. The Hall–Kier alpha value is -1.78. The molecule has 3 rings (SSSR count). The Morgan fingerprint density at radius 3 is 2.38 bits per heavy atom. The van der Waals surface area contributed by atoms with Crippen LogP contribution in [0.1, 0.15) is 12.0 Å². The number of anilines is 1. The monoisotopic (exact) mass is 409 g/mol. The molecule has 2 aromatic rings. The normalized spacial score (nSPS) is 16.1. The fourth-order valence-electron chi connectivity index (χ4n) is 2.95. The van der Waals surface area contributed by atoms with Crippen LogP contribution in [0.3, 0.4) is 0 Å². The summed E-state index contributed by atoms with van der Waals surface area (Å²) in [5, 5.41) is 9.41. The van der Waals surface area contributed by atoms with E-state index in [0.29, 0.717) is 36.6 Å². The summed E-state index contributed by atoms with van der Waals surface area (Å²) in [6.07, 6.45) is 0.692. The molecule has 0 aliphatic carbocycles. The highest BCUT2D eigenvalue weighted by Crippen LogP contribution is 2.28. The van der Waals surface area contributed by atoms with Crippen molar-refractivity contribution in [2.24, 2.45) is 0 Å². The predicted octanol–water partition coefficient (Wildman–Crippen LogP) is 3.77. The average molecular weight is 410 g/mol. The Balaban J connectivity index is 1.79. The van der Waals surface area contributed by atoms with Crippen molar-refractivity contribution < 1.29 is 8.42 Å². The lowest BCUT2D eigenvalue weighted by Gasteiger charge is -2.24. The van der Waals surface area contributed by atoms with E-state index in [2.05, 4.69) is 11.0 Å². The van der Waals surface area contributed by atoms with E-state index in [1.807, 2.05) is 12.1 Å². The number of rotatable bonds is 3. The lowest BCUT2D eigenvalue weighted by molar-refractivity contribution is 0.433. The minimum atomic E-state index is -3.71. The van der Waals surface area contributed by atoms with Gasteiger partial charge in [-0.1, -0.05) is 23.2 Å². The van der Waals surface area contributed by atoms with Gasteiger partial charge in [0.25, 0.3) is 0 Å². The Morgan fingerprint density at radius 1 is 0.962 bits per heavy atom. The Bertz CT molecular complexity index is 940. The Kier molecular flexibility index (Phi) is 5.73. The van der Waals surface area contributed by atoms with E-state index in [0.717, 1.165) is 12.2 Å². The number of nitrogens with zero attached hydrogens (tertiary/aromatic N) is 3. The summed E-state index contributed by atoms with van der Waals surface area (Å²) in [7, 11) is -3.71. The van der Waals surface area contributed by atoms with Gasteiger partial charge in [0.05, 0.1) is 16.7 Å². The lowest BCUT2D eigenvalue weighted by Crippen LogP contribution is -2.35. The van der Waals surface area contributed by atoms with Gasteiger partial charge in [-0.05, 0) is 48.9 Å². The maximum absolute atomic E-state index is 13.0. The SMILES string of the molecule is N#Cc1ccc(N2CCCN(S(=O)(=O)c3cc(Cl)ccc3Cl)CC2)cc1. The maximum Gasteiger partial charge on any atom is 0.244 e. The molecule has 8 heteroatoms. The van der Waals surface area contributed by atoms with E-state index in [9.17, 15) is 8.42 Å². The van der Waals surface area contributed by atoms with Crippen molar-refractivity contribution in [2.75, 3.05) is 31.1 Å². The molecule has 0 aromatic heterocycles. The lowest BCUT2D eigenvalue weighted by atomic mass is 10.2. The van der Waals surface area contributed by atoms with Gasteiger partial charge in [0, 0.05) is 36.9 Å². The molecule has 136 valence electrons. The second-order valence-electron chi connectivity index (χ2n) is 5.98. The highest BCUT2D eigenvalue weighted by atomic mass is 35.5. The second-order valence-corrected chi connectivity index (χ2v) is 8.73. The third kappa shape index (κ3) is 3.97. The van der Waals surface area contributed by atoms with Crippen LogP contribution in [0.5, 0.6) is 0 Å². The molecule has 5 nitrogen and oxygen atoms in total. The molecule has 0 N–H and O–H groups in total. The topological polar surface area (TPSA) is 64.4 Å². The summed E-state index contributed by atoms with van der Waals surface area (Å²) >= 11 is 12.0. The van der Waals surface area contributed by atoms with Gasteiger partial charge in [0.15, 0.2) is 0 Å². The van der Waals surface area contributed by atoms with Crippen LogP contribution in [0.15, 0.2) is 47.4 Å². The van der Waals surface area contributed by atoms with Crippen LogP contribution in [-0.2, 0) is 10.0 Å². The van der Waals surface area contributed by atoms with Crippen molar-refractivity contribution in [2.45, 2.75) is 11.3 Å². The molecule has 2 aromatic carbocycles. The number of hydrogen-bond acceptors (Lipinski definition) is 4. The summed E-state index contributed by atoms with van der Waals surface area (Å²) in [6.45, 7) is 2.06. The Morgan fingerprint density at radius 2 is 1.69 bits per heavy atom. The maximum atomic E-state index is 13.0. The molecule has 0 spiro atoms. The molecule has 1 aliphatic heterocycles. The highest BCUT2D eigenvalue weighted by molar-refractivity contribution is 7.89. The minimum absolute atomic E-state index is 0.0403. The molecule has 0 bridgehead atoms. The van der Waals surface area contributed by atoms with Crippen molar-refractivity contribution in [1.82, 2.24) is 4.31 Å². The summed E-state index contributed by atoms with van der Waals surface area (Å²) < 4.78 is 27.4. The van der Waals surface area contributed by atoms with Gasteiger partial charge in [-0.25, -0.2) is 8.42 Å². The van der Waals surface area contributed by atoms with Crippen LogP contribution in [0.25, 0.3) is 0 Å². The van der Waals surface area contributed by atoms with E-state index < -0.39 is 10.0 Å². The first-order valence-corrected chi connectivity index (χ1v) is 10.3. The molecule has 0 atom stereocenters. The van der Waals surface area contributed by atoms with Crippen molar-refractivity contribution in [3.63, 3.8) is 0 Å². The minimum Gasteiger partial charge on any atom is -0.370 e. The van der Waals surface area contributed by atoms with E-state index >= 15 is 0 Å². The highest BCUT2D eigenvalue weighted by Gasteiger charge is 2.29. The summed E-state index contributed by atoms with van der Waals surface area (Å²) in [4.78, 5) is 2.16. The zero-order valence-electron chi connectivity index (χ0n) is 13.9. The van der Waals surface area contributed by atoms with Crippen molar-refractivity contribution >= 4 is 38.9 Å². The fraction of sp³-hybridized carbons (Fsp3) is 0.278. The number of halogens is 2. The predicted molar refractivity (Wildman–Crippen MR) is 103 cm³/mol. The first-order chi connectivity index (χ1) is 12.4. The molecule has 1 aliphatic rings. The standard InChI is InChI=1S/C18H17Cl2N3O2S/c19-15-4-7-17(20)18(12-15)26(24,25)23-9-1-8-22(10-11-23)16-5-2-14(13-21)3-6-16/h2-7,12H,1,8-11H2. The molecular weight excluding hydrogens is 393 g/mol. The van der Waals surface area contributed by atoms with Crippen molar-refractivity contribution in [1.29, 1.82) is 5.26 Å². The Labute approximate surface area is 163 Å². The average Bonchev–Trinajstić information content (AvgIpc) is 2.90. The van der Waals surface area contributed by atoms with Gasteiger partial charge in [-0.3, -0.25) is 0 Å². The van der Waals surface area contributed by atoms with Crippen LogP contribution in [0, 0.1) is 11.3 Å². The largest absolute Gasteiger partial charge is 0.370 e. The molecule has 0 unspecified atom stereocenters. The van der Waals surface area contributed by atoms with Crippen LogP contribution < -0.4 is 4.90 Å². The fourth-order valence-corrected chi connectivity index (χ4v) is 5.16. The molecule has 1 saturated heterocycles.